The van der Waals surface area contributed by atoms with Gasteiger partial charge in [-0.2, -0.15) is 5.10 Å². The summed E-state index contributed by atoms with van der Waals surface area (Å²) in [5.41, 5.74) is 5.31. The van der Waals surface area contributed by atoms with E-state index in [1.54, 1.807) is 28.9 Å². The molecule has 106 valence electrons. The van der Waals surface area contributed by atoms with Gasteiger partial charge < -0.3 is 10.3 Å². The molecule has 2 rings (SSSR count). The van der Waals surface area contributed by atoms with Gasteiger partial charge in [-0.1, -0.05) is 0 Å². The van der Waals surface area contributed by atoms with Gasteiger partial charge in [0.2, 0.25) is 0 Å². The van der Waals surface area contributed by atoms with Gasteiger partial charge in [0, 0.05) is 44.3 Å². The topological polar surface area (TPSA) is 89.1 Å². The van der Waals surface area contributed by atoms with Crippen molar-refractivity contribution in [2.45, 2.75) is 13.5 Å². The first-order valence-corrected chi connectivity index (χ1v) is 6.17. The summed E-state index contributed by atoms with van der Waals surface area (Å²) in [4.78, 5) is 18.2. The Balaban J connectivity index is 2.18. The van der Waals surface area contributed by atoms with Crippen LogP contribution >= 0.6 is 0 Å². The number of nitrogens with one attached hydrogen (secondary N) is 1. The molecule has 0 aliphatic heterocycles. The molecule has 0 saturated carbocycles. The zero-order valence-corrected chi connectivity index (χ0v) is 11.8. The van der Waals surface area contributed by atoms with Crippen molar-refractivity contribution in [2.24, 2.45) is 12.9 Å². The second-order valence-electron chi connectivity index (χ2n) is 4.70. The number of aromatic nitrogens is 3. The van der Waals surface area contributed by atoms with Gasteiger partial charge in [-0.25, -0.2) is 0 Å². The number of carbonyl (C=O) groups excluding carboxylic acids is 1. The highest BCUT2D eigenvalue weighted by Gasteiger charge is 2.17. The first kappa shape index (κ1) is 14.0. The number of amides is 1. The standard InChI is InChI=1S/C13H18N6O/c1-9-4-12(17-14)11(6-15-9)13(20)18(2)7-10-5-16-19(3)8-10/h4-6,8H,7,14H2,1-3H3,(H,15,17). The molecule has 2 aromatic rings. The summed E-state index contributed by atoms with van der Waals surface area (Å²) >= 11 is 0. The first-order chi connectivity index (χ1) is 9.51. The Morgan fingerprint density at radius 2 is 2.25 bits per heavy atom. The maximum absolute atomic E-state index is 12.4. The third kappa shape index (κ3) is 2.94. The molecule has 0 unspecified atom stereocenters. The van der Waals surface area contributed by atoms with Crippen molar-refractivity contribution < 1.29 is 4.79 Å². The molecule has 0 radical (unpaired) electrons. The van der Waals surface area contributed by atoms with Gasteiger partial charge >= 0.3 is 0 Å². The van der Waals surface area contributed by atoms with Gasteiger partial charge in [0.1, 0.15) is 0 Å². The Labute approximate surface area is 117 Å². The number of nitrogen functional groups attached to an aromatic ring is 1. The summed E-state index contributed by atoms with van der Waals surface area (Å²) in [7, 11) is 3.57. The Morgan fingerprint density at radius 1 is 1.50 bits per heavy atom. The lowest BCUT2D eigenvalue weighted by molar-refractivity contribution is 0.0785. The number of pyridine rings is 1. The molecule has 0 fully saturated rings. The van der Waals surface area contributed by atoms with Crippen LogP contribution in [0.15, 0.2) is 24.7 Å². The third-order valence-electron chi connectivity index (χ3n) is 2.95. The van der Waals surface area contributed by atoms with E-state index >= 15 is 0 Å². The van der Waals surface area contributed by atoms with Crippen molar-refractivity contribution in [3.05, 3.63) is 41.5 Å². The van der Waals surface area contributed by atoms with Crippen LogP contribution in [0.1, 0.15) is 21.6 Å². The first-order valence-electron chi connectivity index (χ1n) is 6.17. The van der Waals surface area contributed by atoms with E-state index in [0.717, 1.165) is 11.3 Å². The van der Waals surface area contributed by atoms with E-state index in [1.165, 1.54) is 6.20 Å². The number of anilines is 1. The molecule has 2 heterocycles. The van der Waals surface area contributed by atoms with Crippen molar-refractivity contribution in [3.8, 4) is 0 Å². The van der Waals surface area contributed by atoms with Crippen molar-refractivity contribution in [3.63, 3.8) is 0 Å². The zero-order valence-electron chi connectivity index (χ0n) is 11.8. The number of carbonyl (C=O) groups is 1. The molecular weight excluding hydrogens is 256 g/mol. The number of aryl methyl sites for hydroxylation is 2. The number of hydrogen-bond acceptors (Lipinski definition) is 5. The molecule has 2 aromatic heterocycles. The zero-order chi connectivity index (χ0) is 14.7. The highest BCUT2D eigenvalue weighted by atomic mass is 16.2. The maximum atomic E-state index is 12.4. The van der Waals surface area contributed by atoms with Crippen LogP contribution in [-0.2, 0) is 13.6 Å². The van der Waals surface area contributed by atoms with Crippen molar-refractivity contribution in [1.82, 2.24) is 19.7 Å². The smallest absolute Gasteiger partial charge is 0.257 e. The molecule has 0 aliphatic carbocycles. The lowest BCUT2D eigenvalue weighted by Crippen LogP contribution is -2.27. The normalized spacial score (nSPS) is 10.4. The minimum absolute atomic E-state index is 0.144. The number of hydrazine groups is 1. The highest BCUT2D eigenvalue weighted by molar-refractivity contribution is 5.99. The molecule has 0 atom stereocenters. The van der Waals surface area contributed by atoms with Crippen LogP contribution in [0, 0.1) is 6.92 Å². The highest BCUT2D eigenvalue weighted by Crippen LogP contribution is 2.17. The number of nitrogens with zero attached hydrogens (tertiary/aromatic N) is 4. The number of rotatable bonds is 4. The van der Waals surface area contributed by atoms with E-state index in [-0.39, 0.29) is 5.91 Å². The van der Waals surface area contributed by atoms with Crippen LogP contribution in [0.3, 0.4) is 0 Å². The van der Waals surface area contributed by atoms with E-state index < -0.39 is 0 Å². The Bertz CT molecular complexity index is 621. The fraction of sp³-hybridized carbons (Fsp3) is 0.308. The average molecular weight is 274 g/mol. The number of hydrogen-bond donors (Lipinski definition) is 2. The summed E-state index contributed by atoms with van der Waals surface area (Å²) in [5, 5.41) is 4.08. The molecule has 20 heavy (non-hydrogen) atoms. The van der Waals surface area contributed by atoms with Crippen molar-refractivity contribution in [1.29, 1.82) is 0 Å². The Kier molecular flexibility index (Phi) is 3.99. The summed E-state index contributed by atoms with van der Waals surface area (Å²) in [6.45, 7) is 2.32. The lowest BCUT2D eigenvalue weighted by Gasteiger charge is -2.18. The molecule has 0 spiro atoms. The summed E-state index contributed by atoms with van der Waals surface area (Å²) in [6, 6.07) is 1.74. The summed E-state index contributed by atoms with van der Waals surface area (Å²) in [5.74, 6) is 5.31. The predicted octanol–water partition coefficient (Wildman–Crippen LogP) is 0.681. The van der Waals surface area contributed by atoms with Gasteiger partial charge in [0.15, 0.2) is 0 Å². The molecule has 0 bridgehead atoms. The minimum atomic E-state index is -0.144. The Hall–Kier alpha value is -2.41. The van der Waals surface area contributed by atoms with Crippen LogP contribution in [0.2, 0.25) is 0 Å². The monoisotopic (exact) mass is 274 g/mol. The fourth-order valence-electron chi connectivity index (χ4n) is 1.95. The lowest BCUT2D eigenvalue weighted by atomic mass is 10.2. The van der Waals surface area contributed by atoms with Gasteiger partial charge in [-0.15, -0.1) is 0 Å². The molecule has 7 nitrogen and oxygen atoms in total. The van der Waals surface area contributed by atoms with Gasteiger partial charge in [0.05, 0.1) is 17.4 Å². The minimum Gasteiger partial charge on any atom is -0.337 e. The molecule has 1 amide bonds. The largest absolute Gasteiger partial charge is 0.337 e. The van der Waals surface area contributed by atoms with E-state index in [1.807, 2.05) is 20.2 Å². The van der Waals surface area contributed by atoms with E-state index in [0.29, 0.717) is 17.8 Å². The van der Waals surface area contributed by atoms with E-state index in [4.69, 9.17) is 5.84 Å². The van der Waals surface area contributed by atoms with Crippen molar-refractivity contribution >= 4 is 11.6 Å². The SMILES string of the molecule is Cc1cc(NN)c(C(=O)N(C)Cc2cnn(C)c2)cn1. The second kappa shape index (κ2) is 5.70. The maximum Gasteiger partial charge on any atom is 0.257 e. The quantitative estimate of drug-likeness (QED) is 0.632. The summed E-state index contributed by atoms with van der Waals surface area (Å²) < 4.78 is 1.70. The van der Waals surface area contributed by atoms with Gasteiger partial charge in [0.25, 0.3) is 5.91 Å². The van der Waals surface area contributed by atoms with Crippen LogP contribution in [0.5, 0.6) is 0 Å². The van der Waals surface area contributed by atoms with Crippen molar-refractivity contribution in [2.75, 3.05) is 12.5 Å². The molecule has 0 aliphatic rings. The molecule has 7 heteroatoms. The molecule has 0 saturated heterocycles. The Morgan fingerprint density at radius 3 is 2.85 bits per heavy atom. The van der Waals surface area contributed by atoms with E-state index in [2.05, 4.69) is 15.5 Å². The van der Waals surface area contributed by atoms with Crippen LogP contribution < -0.4 is 11.3 Å². The van der Waals surface area contributed by atoms with Crippen LogP contribution in [-0.4, -0.2) is 32.6 Å². The number of nitrogens with two attached hydrogens (primary N) is 1. The summed E-state index contributed by atoms with van der Waals surface area (Å²) in [6.07, 6.45) is 5.14. The van der Waals surface area contributed by atoms with E-state index in [9.17, 15) is 4.79 Å². The third-order valence-corrected chi connectivity index (χ3v) is 2.95. The van der Waals surface area contributed by atoms with Crippen LogP contribution in [0.25, 0.3) is 0 Å². The predicted molar refractivity (Wildman–Crippen MR) is 75.8 cm³/mol. The molecule has 0 aromatic carbocycles. The molecular formula is C13H18N6O. The molecule has 3 N–H and O–H groups in total. The van der Waals surface area contributed by atoms with Crippen LogP contribution in [0.4, 0.5) is 5.69 Å². The second-order valence-corrected chi connectivity index (χ2v) is 4.70. The fourth-order valence-corrected chi connectivity index (χ4v) is 1.95. The van der Waals surface area contributed by atoms with Gasteiger partial charge in [-0.05, 0) is 13.0 Å². The average Bonchev–Trinajstić information content (AvgIpc) is 2.83. The van der Waals surface area contributed by atoms with Gasteiger partial charge in [-0.3, -0.25) is 20.3 Å².